The smallest absolute Gasteiger partial charge is 0.108 e. The molecule has 0 aromatic carbocycles. The average molecular weight is 345 g/mol. The first kappa shape index (κ1) is 18.9. The van der Waals surface area contributed by atoms with E-state index in [-0.39, 0.29) is 12.3 Å². The molecule has 3 rings (SSSR count). The zero-order chi connectivity index (χ0) is 17.5. The molecule has 3 heteroatoms. The first-order chi connectivity index (χ1) is 12.3. The summed E-state index contributed by atoms with van der Waals surface area (Å²) < 4.78 is 0. The lowest BCUT2D eigenvalue weighted by molar-refractivity contribution is 0.0303. The lowest BCUT2D eigenvalue weighted by Gasteiger charge is -2.38. The summed E-state index contributed by atoms with van der Waals surface area (Å²) in [6.45, 7) is 1.94. The van der Waals surface area contributed by atoms with Gasteiger partial charge in [0.2, 0.25) is 0 Å². The van der Waals surface area contributed by atoms with Gasteiger partial charge in [0, 0.05) is 6.04 Å². The van der Waals surface area contributed by atoms with Crippen LogP contribution in [-0.2, 0) is 0 Å². The van der Waals surface area contributed by atoms with Gasteiger partial charge in [-0.2, -0.15) is 0 Å². The van der Waals surface area contributed by atoms with Crippen LogP contribution in [0.2, 0.25) is 0 Å². The van der Waals surface area contributed by atoms with E-state index in [0.717, 1.165) is 24.7 Å². The molecule has 0 aromatic heterocycles. The first-order valence-corrected chi connectivity index (χ1v) is 10.6. The number of rotatable bonds is 5. The maximum absolute atomic E-state index is 10.6. The molecule has 0 heterocycles. The van der Waals surface area contributed by atoms with Crippen molar-refractivity contribution >= 4 is 5.87 Å². The quantitative estimate of drug-likeness (QED) is 0.434. The second-order valence-corrected chi connectivity index (χ2v) is 8.37. The molecule has 0 amide bonds. The van der Waals surface area contributed by atoms with E-state index in [2.05, 4.69) is 28.3 Å². The van der Waals surface area contributed by atoms with Crippen molar-refractivity contribution in [3.63, 3.8) is 0 Å². The number of aliphatic hydroxyl groups excluding tert-OH is 1. The summed E-state index contributed by atoms with van der Waals surface area (Å²) in [4.78, 5) is 4.38. The minimum atomic E-state index is -0.349. The number of allylic oxidation sites excluding steroid dienone is 1. The Balaban J connectivity index is 1.41. The van der Waals surface area contributed by atoms with Gasteiger partial charge in [0.25, 0.3) is 0 Å². The Kier molecular flexibility index (Phi) is 7.34. The van der Waals surface area contributed by atoms with Crippen LogP contribution in [0.15, 0.2) is 23.2 Å². The normalized spacial score (nSPS) is 35.0. The molecule has 140 valence electrons. The molecular weight excluding hydrogens is 308 g/mol. The van der Waals surface area contributed by atoms with Gasteiger partial charge in [-0.25, -0.2) is 4.99 Å². The van der Waals surface area contributed by atoms with Crippen LogP contribution >= 0.6 is 0 Å². The second-order valence-electron chi connectivity index (χ2n) is 8.37. The zero-order valence-corrected chi connectivity index (χ0v) is 15.9. The largest absolute Gasteiger partial charge is 0.378 e. The lowest BCUT2D eigenvalue weighted by Crippen LogP contribution is -2.44. The minimum absolute atomic E-state index is 0.261. The van der Waals surface area contributed by atoms with Gasteiger partial charge in [0.1, 0.15) is 6.23 Å². The minimum Gasteiger partial charge on any atom is -0.378 e. The molecule has 0 bridgehead atoms. The summed E-state index contributed by atoms with van der Waals surface area (Å²) in [6, 6.07) is 0.556. The number of hydrogen-bond donors (Lipinski definition) is 2. The van der Waals surface area contributed by atoms with E-state index in [4.69, 9.17) is 0 Å². The van der Waals surface area contributed by atoms with E-state index < -0.39 is 0 Å². The van der Waals surface area contributed by atoms with Gasteiger partial charge < -0.3 is 5.11 Å². The van der Waals surface area contributed by atoms with Crippen molar-refractivity contribution in [2.24, 2.45) is 22.7 Å². The molecule has 0 saturated heterocycles. The molecule has 3 nitrogen and oxygen atoms in total. The highest BCUT2D eigenvalue weighted by molar-refractivity contribution is 5.51. The molecule has 0 aromatic rings. The predicted octanol–water partition coefficient (Wildman–Crippen LogP) is 4.61. The monoisotopic (exact) mass is 344 g/mol. The highest BCUT2D eigenvalue weighted by Gasteiger charge is 2.32. The predicted molar refractivity (Wildman–Crippen MR) is 105 cm³/mol. The van der Waals surface area contributed by atoms with E-state index in [1.54, 1.807) is 0 Å². The van der Waals surface area contributed by atoms with E-state index >= 15 is 0 Å². The van der Waals surface area contributed by atoms with Crippen molar-refractivity contribution in [3.05, 3.63) is 18.2 Å². The maximum atomic E-state index is 10.6. The molecule has 3 unspecified atom stereocenters. The summed E-state index contributed by atoms with van der Waals surface area (Å²) in [5.74, 6) is 5.29. The molecule has 2 fully saturated rings. The Morgan fingerprint density at radius 1 is 0.960 bits per heavy atom. The van der Waals surface area contributed by atoms with E-state index in [1.165, 1.54) is 57.8 Å². The molecular formula is C22H36N2O. The average Bonchev–Trinajstić information content (AvgIpc) is 2.68. The molecule has 2 N–H and O–H groups in total. The fraction of sp³-hybridized carbons (Fsp3) is 0.818. The fourth-order valence-electron chi connectivity index (χ4n) is 5.12. The van der Waals surface area contributed by atoms with Crippen LogP contribution in [0, 0.1) is 17.8 Å². The molecule has 2 saturated carbocycles. The van der Waals surface area contributed by atoms with Crippen LogP contribution in [0.25, 0.3) is 0 Å². The van der Waals surface area contributed by atoms with E-state index in [1.807, 2.05) is 13.0 Å². The maximum Gasteiger partial charge on any atom is 0.108 e. The second kappa shape index (κ2) is 9.71. The molecule has 0 spiro atoms. The van der Waals surface area contributed by atoms with Crippen molar-refractivity contribution in [1.29, 1.82) is 0 Å². The Hall–Kier alpha value is -0.890. The topological polar surface area (TPSA) is 44.6 Å². The van der Waals surface area contributed by atoms with Crippen molar-refractivity contribution in [3.8, 4) is 0 Å². The van der Waals surface area contributed by atoms with Crippen LogP contribution < -0.4 is 5.32 Å². The van der Waals surface area contributed by atoms with Crippen molar-refractivity contribution in [2.75, 3.05) is 0 Å². The van der Waals surface area contributed by atoms with Gasteiger partial charge in [-0.05, 0) is 75.1 Å². The number of aliphatic imine (C=N–C) groups is 1. The highest BCUT2D eigenvalue weighted by atomic mass is 16.3. The molecule has 3 aliphatic carbocycles. The molecule has 0 radical (unpaired) electrons. The summed E-state index contributed by atoms with van der Waals surface area (Å²) in [5, 5.41) is 14.1. The van der Waals surface area contributed by atoms with Gasteiger partial charge in [-0.15, -0.1) is 0 Å². The van der Waals surface area contributed by atoms with Gasteiger partial charge >= 0.3 is 0 Å². The number of hydrogen-bond acceptors (Lipinski definition) is 3. The van der Waals surface area contributed by atoms with Gasteiger partial charge in [0.15, 0.2) is 0 Å². The van der Waals surface area contributed by atoms with Crippen LogP contribution in [0.1, 0.15) is 77.6 Å². The van der Waals surface area contributed by atoms with Crippen molar-refractivity contribution in [2.45, 2.75) is 95.9 Å². The fourth-order valence-corrected chi connectivity index (χ4v) is 5.12. The molecule has 3 atom stereocenters. The number of aliphatic hydroxyl groups is 1. The summed E-state index contributed by atoms with van der Waals surface area (Å²) in [6.07, 6.45) is 20.2. The van der Waals surface area contributed by atoms with Crippen LogP contribution in [0.3, 0.4) is 0 Å². The Bertz CT molecular complexity index is 480. The van der Waals surface area contributed by atoms with Crippen LogP contribution in [0.4, 0.5) is 0 Å². The lowest BCUT2D eigenvalue weighted by atomic mass is 9.70. The Morgan fingerprint density at radius 2 is 1.68 bits per heavy atom. The number of nitrogens with zero attached hydrogens (tertiary/aromatic N) is 1. The zero-order valence-electron chi connectivity index (χ0n) is 15.9. The van der Waals surface area contributed by atoms with Crippen molar-refractivity contribution in [1.82, 2.24) is 5.32 Å². The third kappa shape index (κ3) is 5.54. The van der Waals surface area contributed by atoms with E-state index in [0.29, 0.717) is 12.0 Å². The van der Waals surface area contributed by atoms with Crippen LogP contribution in [-0.4, -0.2) is 29.3 Å². The van der Waals surface area contributed by atoms with Gasteiger partial charge in [-0.1, -0.05) is 44.3 Å². The third-order valence-corrected chi connectivity index (χ3v) is 6.67. The molecule has 3 aliphatic rings. The van der Waals surface area contributed by atoms with Crippen LogP contribution in [0.5, 0.6) is 0 Å². The molecule has 25 heavy (non-hydrogen) atoms. The van der Waals surface area contributed by atoms with E-state index in [9.17, 15) is 5.11 Å². The van der Waals surface area contributed by atoms with Crippen molar-refractivity contribution < 1.29 is 5.11 Å². The SMILES string of the molecule is CC=C=NC1C=CC(NC(O)C2CCC(C3CCCCC3)CC2)CC1. The van der Waals surface area contributed by atoms with Gasteiger partial charge in [0.05, 0.1) is 6.04 Å². The summed E-state index contributed by atoms with van der Waals surface area (Å²) in [7, 11) is 0. The Labute approximate surface area is 153 Å². The van der Waals surface area contributed by atoms with Gasteiger partial charge in [-0.3, -0.25) is 5.32 Å². The Morgan fingerprint density at radius 3 is 2.32 bits per heavy atom. The highest BCUT2D eigenvalue weighted by Crippen LogP contribution is 2.40. The molecule has 0 aliphatic heterocycles. The first-order valence-electron chi connectivity index (χ1n) is 10.6. The summed E-state index contributed by atoms with van der Waals surface area (Å²) in [5.41, 5.74) is 0. The standard InChI is InChI=1S/C22H36N2O/c1-2-16-23-20-12-14-21(15-13-20)24-22(25)19-10-8-18(9-11-19)17-6-4-3-5-7-17/h2,12,14,17-22,24-25H,3-11,13,15H2,1H3. The summed E-state index contributed by atoms with van der Waals surface area (Å²) >= 11 is 0. The number of nitrogens with one attached hydrogen (secondary N) is 1. The third-order valence-electron chi connectivity index (χ3n) is 6.67.